The van der Waals surface area contributed by atoms with Crippen molar-refractivity contribution in [1.29, 1.82) is 0 Å². The zero-order valence-corrected chi connectivity index (χ0v) is 21.3. The van der Waals surface area contributed by atoms with Crippen LogP contribution in [0, 0.1) is 5.92 Å². The Morgan fingerprint density at radius 1 is 0.947 bits per heavy atom. The number of pyridine rings is 1. The van der Waals surface area contributed by atoms with Crippen LogP contribution in [0.25, 0.3) is 27.5 Å². The zero-order chi connectivity index (χ0) is 26.6. The van der Waals surface area contributed by atoms with Gasteiger partial charge in [-0.15, -0.1) is 0 Å². The highest BCUT2D eigenvalue weighted by atomic mass is 16.5. The molecule has 0 unspecified atom stereocenters. The number of amides is 1. The molecule has 7 nitrogen and oxygen atoms in total. The number of carboxylic acid groups (broad SMARTS) is 1. The molecule has 2 N–H and O–H groups in total. The summed E-state index contributed by atoms with van der Waals surface area (Å²) in [5, 5.41) is 14.0. The average Bonchev–Trinajstić information content (AvgIpc) is 3.32. The second kappa shape index (κ2) is 10.8. The van der Waals surface area contributed by atoms with Gasteiger partial charge in [0.1, 0.15) is 18.4 Å². The Balaban J connectivity index is 1.64. The number of ether oxygens (including phenoxy) is 1. The van der Waals surface area contributed by atoms with E-state index in [1.165, 1.54) is 0 Å². The second-order valence-electron chi connectivity index (χ2n) is 9.68. The summed E-state index contributed by atoms with van der Waals surface area (Å²) in [6, 6.07) is 24.2. The molecule has 0 radical (unpaired) electrons. The van der Waals surface area contributed by atoms with E-state index in [1.807, 2.05) is 97.3 Å². The van der Waals surface area contributed by atoms with Gasteiger partial charge in [-0.2, -0.15) is 0 Å². The normalized spacial score (nSPS) is 12.1. The first-order valence-electron chi connectivity index (χ1n) is 12.6. The van der Waals surface area contributed by atoms with Gasteiger partial charge in [0.05, 0.1) is 22.3 Å². The molecule has 2 aromatic heterocycles. The molecule has 38 heavy (non-hydrogen) atoms. The fourth-order valence-electron chi connectivity index (χ4n) is 4.69. The van der Waals surface area contributed by atoms with Crippen LogP contribution in [0.5, 0.6) is 5.75 Å². The van der Waals surface area contributed by atoms with Crippen molar-refractivity contribution in [2.75, 3.05) is 0 Å². The molecule has 1 atom stereocenters. The number of aliphatic carboxylic acids is 1. The van der Waals surface area contributed by atoms with Gasteiger partial charge in [0.2, 0.25) is 0 Å². The number of carbonyl (C=O) groups is 2. The van der Waals surface area contributed by atoms with E-state index >= 15 is 0 Å². The zero-order valence-electron chi connectivity index (χ0n) is 21.3. The van der Waals surface area contributed by atoms with E-state index in [-0.39, 0.29) is 5.92 Å². The third-order valence-electron chi connectivity index (χ3n) is 6.47. The average molecular weight is 508 g/mol. The minimum absolute atomic E-state index is 0.110. The quantitative estimate of drug-likeness (QED) is 0.256. The van der Waals surface area contributed by atoms with Crippen molar-refractivity contribution in [3.8, 4) is 11.4 Å². The fraction of sp³-hybridized carbons (Fsp3) is 0.194. The molecule has 5 aromatic rings. The van der Waals surface area contributed by atoms with Crippen LogP contribution in [0.4, 0.5) is 0 Å². The van der Waals surface area contributed by atoms with Crippen molar-refractivity contribution < 1.29 is 19.4 Å². The predicted molar refractivity (Wildman–Crippen MR) is 148 cm³/mol. The van der Waals surface area contributed by atoms with Gasteiger partial charge in [0, 0.05) is 23.2 Å². The van der Waals surface area contributed by atoms with Crippen molar-refractivity contribution in [1.82, 2.24) is 14.9 Å². The van der Waals surface area contributed by atoms with Gasteiger partial charge in [0.25, 0.3) is 5.91 Å². The number of rotatable bonds is 9. The first-order chi connectivity index (χ1) is 18.4. The van der Waals surface area contributed by atoms with Gasteiger partial charge in [-0.1, -0.05) is 74.5 Å². The Hall–Kier alpha value is -4.65. The number of fused-ring (bicyclic) bond motifs is 2. The number of hydrogen-bond acceptors (Lipinski definition) is 4. The van der Waals surface area contributed by atoms with E-state index in [0.29, 0.717) is 29.7 Å². The molecule has 0 saturated heterocycles. The number of hydrogen-bond donors (Lipinski definition) is 2. The molecular weight excluding hydrogens is 478 g/mol. The molecule has 1 amide bonds. The summed E-state index contributed by atoms with van der Waals surface area (Å²) in [5.41, 5.74) is 3.78. The lowest BCUT2D eigenvalue weighted by atomic mass is 10.0. The third-order valence-corrected chi connectivity index (χ3v) is 6.47. The van der Waals surface area contributed by atoms with Gasteiger partial charge in [-0.25, -0.2) is 4.79 Å². The van der Waals surface area contributed by atoms with Crippen molar-refractivity contribution in [2.45, 2.75) is 32.9 Å². The predicted octanol–water partition coefficient (Wildman–Crippen LogP) is 5.99. The topological polar surface area (TPSA) is 93.5 Å². The SMILES string of the molecule is CC(C)C[C@H](NC(=O)c1cn(-c2ccnc3ccccc23)c2c(OCc3ccccc3)cccc12)C(=O)O. The number of aromatic nitrogens is 2. The number of carboxylic acids is 1. The first-order valence-corrected chi connectivity index (χ1v) is 12.6. The highest BCUT2D eigenvalue weighted by Crippen LogP contribution is 2.35. The van der Waals surface area contributed by atoms with Crippen LogP contribution in [-0.2, 0) is 11.4 Å². The summed E-state index contributed by atoms with van der Waals surface area (Å²) in [5.74, 6) is -0.773. The van der Waals surface area contributed by atoms with E-state index in [4.69, 9.17) is 4.74 Å². The molecule has 0 spiro atoms. The third kappa shape index (κ3) is 5.09. The van der Waals surface area contributed by atoms with E-state index in [0.717, 1.165) is 27.7 Å². The summed E-state index contributed by atoms with van der Waals surface area (Å²) >= 11 is 0. The van der Waals surface area contributed by atoms with Crippen molar-refractivity contribution in [2.24, 2.45) is 5.92 Å². The van der Waals surface area contributed by atoms with E-state index < -0.39 is 17.9 Å². The van der Waals surface area contributed by atoms with Gasteiger partial charge in [-0.05, 0) is 36.1 Å². The molecule has 0 fully saturated rings. The Morgan fingerprint density at radius 3 is 2.45 bits per heavy atom. The van der Waals surface area contributed by atoms with Gasteiger partial charge in [0.15, 0.2) is 0 Å². The molecule has 3 aromatic carbocycles. The number of nitrogens with one attached hydrogen (secondary N) is 1. The first kappa shape index (κ1) is 25.0. The van der Waals surface area contributed by atoms with Gasteiger partial charge in [-0.3, -0.25) is 9.78 Å². The molecule has 2 heterocycles. The largest absolute Gasteiger partial charge is 0.487 e. The van der Waals surface area contributed by atoms with Crippen LogP contribution in [0.3, 0.4) is 0 Å². The fourth-order valence-corrected chi connectivity index (χ4v) is 4.69. The van der Waals surface area contributed by atoms with E-state index in [9.17, 15) is 14.7 Å². The monoisotopic (exact) mass is 507 g/mol. The van der Waals surface area contributed by atoms with Crippen LogP contribution in [0.1, 0.15) is 36.2 Å². The molecule has 0 bridgehead atoms. The van der Waals surface area contributed by atoms with Gasteiger partial charge < -0.3 is 19.7 Å². The molecule has 0 aliphatic carbocycles. The minimum Gasteiger partial charge on any atom is -0.487 e. The maximum absolute atomic E-state index is 13.5. The lowest BCUT2D eigenvalue weighted by Crippen LogP contribution is -2.41. The molecule has 192 valence electrons. The molecule has 0 saturated carbocycles. The lowest BCUT2D eigenvalue weighted by Gasteiger charge is -2.16. The summed E-state index contributed by atoms with van der Waals surface area (Å²) in [4.78, 5) is 29.9. The Labute approximate surface area is 220 Å². The molecular formula is C31H29N3O4. The smallest absolute Gasteiger partial charge is 0.326 e. The standard InChI is InChI=1S/C31H29N3O4/c1-20(2)17-26(31(36)37)33-30(35)24-18-34(27-15-16-32-25-13-7-6-11-23(25)27)29-22(24)12-8-14-28(29)38-19-21-9-4-3-5-10-21/h3-16,18,20,26H,17,19H2,1-2H3,(H,33,35)(H,36,37)/t26-/m0/s1. The van der Waals surface area contributed by atoms with E-state index in [1.54, 1.807) is 12.4 Å². The summed E-state index contributed by atoms with van der Waals surface area (Å²) < 4.78 is 8.22. The van der Waals surface area contributed by atoms with Crippen molar-refractivity contribution in [3.63, 3.8) is 0 Å². The van der Waals surface area contributed by atoms with Crippen LogP contribution in [0.15, 0.2) is 91.3 Å². The van der Waals surface area contributed by atoms with Crippen LogP contribution in [-0.4, -0.2) is 32.6 Å². The number of para-hydroxylation sites is 2. The van der Waals surface area contributed by atoms with Crippen LogP contribution >= 0.6 is 0 Å². The Morgan fingerprint density at radius 2 is 1.68 bits per heavy atom. The Kier molecular flexibility index (Phi) is 7.09. The van der Waals surface area contributed by atoms with E-state index in [2.05, 4.69) is 10.3 Å². The summed E-state index contributed by atoms with van der Waals surface area (Å²) in [6.45, 7) is 4.22. The number of nitrogens with zero attached hydrogens (tertiary/aromatic N) is 2. The summed E-state index contributed by atoms with van der Waals surface area (Å²) in [7, 11) is 0. The minimum atomic E-state index is -1.05. The highest BCUT2D eigenvalue weighted by Gasteiger charge is 2.25. The molecule has 5 rings (SSSR count). The van der Waals surface area contributed by atoms with Crippen molar-refractivity contribution in [3.05, 3.63) is 102 Å². The Bertz CT molecular complexity index is 1600. The van der Waals surface area contributed by atoms with Crippen LogP contribution < -0.4 is 10.1 Å². The lowest BCUT2D eigenvalue weighted by molar-refractivity contribution is -0.139. The number of benzene rings is 3. The number of carbonyl (C=O) groups excluding carboxylic acids is 1. The summed E-state index contributed by atoms with van der Waals surface area (Å²) in [6.07, 6.45) is 3.82. The molecule has 7 heteroatoms. The maximum atomic E-state index is 13.5. The second-order valence-corrected chi connectivity index (χ2v) is 9.68. The molecule has 0 aliphatic heterocycles. The van der Waals surface area contributed by atoms with Crippen molar-refractivity contribution >= 4 is 33.7 Å². The maximum Gasteiger partial charge on any atom is 0.326 e. The molecule has 0 aliphatic rings. The van der Waals surface area contributed by atoms with Crippen LogP contribution in [0.2, 0.25) is 0 Å². The van der Waals surface area contributed by atoms with Gasteiger partial charge >= 0.3 is 5.97 Å². The highest BCUT2D eigenvalue weighted by molar-refractivity contribution is 6.10.